The Balaban J connectivity index is 2.27. The van der Waals surface area contributed by atoms with Crippen LogP contribution >= 0.6 is 0 Å². The standard InChI is InChI=1S/C13H16N6/c1-9-15-10(2)19(17-9)13-11(6-7-14)18-8-4-3-5-12(18)16-13/h3-5,8H,6-7,14H2,1-2H3. The lowest BCUT2D eigenvalue weighted by atomic mass is 10.3. The molecule has 19 heavy (non-hydrogen) atoms. The summed E-state index contributed by atoms with van der Waals surface area (Å²) < 4.78 is 3.84. The van der Waals surface area contributed by atoms with Crippen molar-refractivity contribution in [2.45, 2.75) is 20.3 Å². The second-order valence-corrected chi connectivity index (χ2v) is 4.47. The van der Waals surface area contributed by atoms with Crippen LogP contribution in [0.25, 0.3) is 11.5 Å². The molecule has 3 heterocycles. The maximum Gasteiger partial charge on any atom is 0.177 e. The van der Waals surface area contributed by atoms with E-state index in [4.69, 9.17) is 5.73 Å². The highest BCUT2D eigenvalue weighted by Crippen LogP contribution is 2.17. The predicted molar refractivity (Wildman–Crippen MR) is 72.3 cm³/mol. The van der Waals surface area contributed by atoms with Crippen LogP contribution in [0.5, 0.6) is 0 Å². The van der Waals surface area contributed by atoms with Crippen LogP contribution in [-0.4, -0.2) is 30.7 Å². The van der Waals surface area contributed by atoms with Crippen molar-refractivity contribution < 1.29 is 0 Å². The van der Waals surface area contributed by atoms with E-state index in [0.29, 0.717) is 6.54 Å². The number of nitrogens with zero attached hydrogens (tertiary/aromatic N) is 5. The van der Waals surface area contributed by atoms with E-state index < -0.39 is 0 Å². The first-order valence-electron chi connectivity index (χ1n) is 6.27. The lowest BCUT2D eigenvalue weighted by Crippen LogP contribution is -2.10. The zero-order chi connectivity index (χ0) is 13.4. The Hall–Kier alpha value is -2.21. The van der Waals surface area contributed by atoms with E-state index in [9.17, 15) is 0 Å². The number of nitrogens with two attached hydrogens (primary N) is 1. The molecule has 0 aliphatic rings. The van der Waals surface area contributed by atoms with Gasteiger partial charge in [-0.2, -0.15) is 4.68 Å². The molecule has 0 amide bonds. The third kappa shape index (κ3) is 1.90. The fourth-order valence-electron chi connectivity index (χ4n) is 2.29. The van der Waals surface area contributed by atoms with Crippen molar-refractivity contribution in [3.63, 3.8) is 0 Å². The highest BCUT2D eigenvalue weighted by Gasteiger charge is 2.16. The summed E-state index contributed by atoms with van der Waals surface area (Å²) >= 11 is 0. The van der Waals surface area contributed by atoms with Crippen molar-refractivity contribution in [2.75, 3.05) is 6.54 Å². The third-order valence-electron chi connectivity index (χ3n) is 3.06. The van der Waals surface area contributed by atoms with Crippen molar-refractivity contribution in [2.24, 2.45) is 5.73 Å². The van der Waals surface area contributed by atoms with Crippen molar-refractivity contribution in [1.82, 2.24) is 24.1 Å². The molecule has 0 radical (unpaired) electrons. The fraction of sp³-hybridized carbons (Fsp3) is 0.308. The van der Waals surface area contributed by atoms with Gasteiger partial charge in [0.15, 0.2) is 5.82 Å². The van der Waals surface area contributed by atoms with Crippen molar-refractivity contribution in [1.29, 1.82) is 0 Å². The van der Waals surface area contributed by atoms with Crippen LogP contribution in [0.3, 0.4) is 0 Å². The number of hydrogen-bond donors (Lipinski definition) is 1. The summed E-state index contributed by atoms with van der Waals surface area (Å²) in [5, 5.41) is 4.41. The van der Waals surface area contributed by atoms with Gasteiger partial charge >= 0.3 is 0 Å². The number of imidazole rings is 1. The van der Waals surface area contributed by atoms with Crippen LogP contribution in [-0.2, 0) is 6.42 Å². The van der Waals surface area contributed by atoms with Crippen LogP contribution < -0.4 is 5.73 Å². The summed E-state index contributed by atoms with van der Waals surface area (Å²) in [4.78, 5) is 8.97. The van der Waals surface area contributed by atoms with Gasteiger partial charge in [-0.1, -0.05) is 6.07 Å². The van der Waals surface area contributed by atoms with Crippen LogP contribution in [0.4, 0.5) is 0 Å². The molecular formula is C13H16N6. The largest absolute Gasteiger partial charge is 0.330 e. The van der Waals surface area contributed by atoms with Gasteiger partial charge < -0.3 is 10.1 Å². The summed E-state index contributed by atoms with van der Waals surface area (Å²) in [6.45, 7) is 4.38. The number of rotatable bonds is 3. The van der Waals surface area contributed by atoms with Gasteiger partial charge in [0.2, 0.25) is 0 Å². The molecule has 0 bridgehead atoms. The molecule has 0 unspecified atom stereocenters. The zero-order valence-corrected chi connectivity index (χ0v) is 11.0. The molecule has 0 atom stereocenters. The molecule has 3 aromatic heterocycles. The van der Waals surface area contributed by atoms with E-state index >= 15 is 0 Å². The Morgan fingerprint density at radius 3 is 2.74 bits per heavy atom. The first-order chi connectivity index (χ1) is 9.20. The molecule has 0 saturated heterocycles. The normalized spacial score (nSPS) is 11.3. The quantitative estimate of drug-likeness (QED) is 0.759. The molecule has 0 fully saturated rings. The van der Waals surface area contributed by atoms with Crippen LogP contribution in [0.2, 0.25) is 0 Å². The molecule has 2 N–H and O–H groups in total. The van der Waals surface area contributed by atoms with Gasteiger partial charge in [0.1, 0.15) is 17.3 Å². The maximum atomic E-state index is 5.71. The van der Waals surface area contributed by atoms with Gasteiger partial charge in [0.25, 0.3) is 0 Å². The van der Waals surface area contributed by atoms with Crippen molar-refractivity contribution in [3.8, 4) is 5.82 Å². The Morgan fingerprint density at radius 1 is 1.21 bits per heavy atom. The molecule has 98 valence electrons. The summed E-state index contributed by atoms with van der Waals surface area (Å²) in [6, 6.07) is 5.93. The fourth-order valence-corrected chi connectivity index (χ4v) is 2.29. The first kappa shape index (κ1) is 11.9. The molecular weight excluding hydrogens is 240 g/mol. The molecule has 3 aromatic rings. The van der Waals surface area contributed by atoms with E-state index in [1.54, 1.807) is 4.68 Å². The SMILES string of the molecule is Cc1nc(C)n(-c2nc3ccccn3c2CCN)n1. The lowest BCUT2D eigenvalue weighted by molar-refractivity contribution is 0.784. The Kier molecular flexibility index (Phi) is 2.79. The van der Waals surface area contributed by atoms with Gasteiger partial charge in [-0.15, -0.1) is 5.10 Å². The third-order valence-corrected chi connectivity index (χ3v) is 3.06. The zero-order valence-electron chi connectivity index (χ0n) is 11.0. The molecule has 0 aromatic carbocycles. The average molecular weight is 256 g/mol. The smallest absolute Gasteiger partial charge is 0.177 e. The van der Waals surface area contributed by atoms with Crippen LogP contribution in [0.15, 0.2) is 24.4 Å². The molecule has 3 rings (SSSR count). The maximum absolute atomic E-state index is 5.71. The predicted octanol–water partition coefficient (Wildman–Crippen LogP) is 1.03. The minimum Gasteiger partial charge on any atom is -0.330 e. The Morgan fingerprint density at radius 2 is 2.05 bits per heavy atom. The second-order valence-electron chi connectivity index (χ2n) is 4.47. The highest BCUT2D eigenvalue weighted by atomic mass is 15.4. The van der Waals surface area contributed by atoms with Gasteiger partial charge in [-0.05, 0) is 32.5 Å². The first-order valence-corrected chi connectivity index (χ1v) is 6.27. The lowest BCUT2D eigenvalue weighted by Gasteiger charge is -2.04. The van der Waals surface area contributed by atoms with Crippen molar-refractivity contribution in [3.05, 3.63) is 41.7 Å². The van der Waals surface area contributed by atoms with E-state index in [1.165, 1.54) is 0 Å². The van der Waals surface area contributed by atoms with Crippen molar-refractivity contribution >= 4 is 5.65 Å². The minimum absolute atomic E-state index is 0.572. The number of fused-ring (bicyclic) bond motifs is 1. The molecule has 0 saturated carbocycles. The monoisotopic (exact) mass is 256 g/mol. The topological polar surface area (TPSA) is 74.0 Å². The molecule has 0 spiro atoms. The van der Waals surface area contributed by atoms with Gasteiger partial charge in [-0.25, -0.2) is 9.97 Å². The number of aryl methyl sites for hydroxylation is 2. The van der Waals surface area contributed by atoms with E-state index in [-0.39, 0.29) is 0 Å². The number of hydrogen-bond acceptors (Lipinski definition) is 4. The number of pyridine rings is 1. The second kappa shape index (κ2) is 4.47. The minimum atomic E-state index is 0.572. The summed E-state index contributed by atoms with van der Waals surface area (Å²) in [5.74, 6) is 2.39. The number of aromatic nitrogens is 5. The average Bonchev–Trinajstić information content (AvgIpc) is 2.91. The molecule has 6 heteroatoms. The molecule has 0 aliphatic heterocycles. The van der Waals surface area contributed by atoms with Gasteiger partial charge in [0, 0.05) is 12.6 Å². The summed E-state index contributed by atoms with van der Waals surface area (Å²) in [6.07, 6.45) is 2.74. The van der Waals surface area contributed by atoms with Gasteiger partial charge in [-0.3, -0.25) is 0 Å². The molecule has 0 aliphatic carbocycles. The van der Waals surface area contributed by atoms with Crippen LogP contribution in [0, 0.1) is 13.8 Å². The highest BCUT2D eigenvalue weighted by molar-refractivity contribution is 5.48. The van der Waals surface area contributed by atoms with E-state index in [0.717, 1.165) is 35.2 Å². The summed E-state index contributed by atoms with van der Waals surface area (Å²) in [7, 11) is 0. The Bertz CT molecular complexity index is 724. The van der Waals surface area contributed by atoms with Gasteiger partial charge in [0.05, 0.1) is 5.69 Å². The van der Waals surface area contributed by atoms with Crippen LogP contribution in [0.1, 0.15) is 17.3 Å². The molecule has 6 nitrogen and oxygen atoms in total. The summed E-state index contributed by atoms with van der Waals surface area (Å²) in [5.41, 5.74) is 7.67. The van der Waals surface area contributed by atoms with E-state index in [1.807, 2.05) is 38.2 Å². The Labute approximate surface area is 110 Å². The van der Waals surface area contributed by atoms with E-state index in [2.05, 4.69) is 19.5 Å².